The molecule has 5 heterocycles. The number of carboxylic acid groups (broad SMARTS) is 1. The van der Waals surface area contributed by atoms with Gasteiger partial charge in [0.05, 0.1) is 36.1 Å². The lowest BCUT2D eigenvalue weighted by Crippen LogP contribution is -2.55. The number of anilines is 2. The van der Waals surface area contributed by atoms with Gasteiger partial charge in [-0.05, 0) is 12.1 Å². The zero-order chi connectivity index (χ0) is 25.1. The molecule has 5 rings (SSSR count). The van der Waals surface area contributed by atoms with E-state index in [9.17, 15) is 19.1 Å². The van der Waals surface area contributed by atoms with Crippen LogP contribution in [-0.4, -0.2) is 78.9 Å². The third-order valence-corrected chi connectivity index (χ3v) is 6.49. The van der Waals surface area contributed by atoms with E-state index in [1.807, 2.05) is 4.57 Å². The van der Waals surface area contributed by atoms with E-state index in [0.717, 1.165) is 10.4 Å². The minimum absolute atomic E-state index is 0.0261. The lowest BCUT2D eigenvalue weighted by Gasteiger charge is -2.32. The second-order valence-corrected chi connectivity index (χ2v) is 8.87. The molecule has 1 aliphatic heterocycles. The minimum atomic E-state index is -1.15. The van der Waals surface area contributed by atoms with E-state index < -0.39 is 23.9 Å². The average Bonchev–Trinajstić information content (AvgIpc) is 3.51. The predicted octanol–water partition coefficient (Wildman–Crippen LogP) is 2.33. The first-order chi connectivity index (χ1) is 17.5. The van der Waals surface area contributed by atoms with Crippen LogP contribution >= 0.6 is 11.3 Å². The van der Waals surface area contributed by atoms with Crippen molar-refractivity contribution in [3.05, 3.63) is 48.9 Å². The zero-order valence-corrected chi connectivity index (χ0v) is 19.6. The molecule has 0 aromatic carbocycles. The Labute approximate surface area is 207 Å². The Morgan fingerprint density at radius 1 is 1.25 bits per heavy atom. The van der Waals surface area contributed by atoms with Crippen molar-refractivity contribution in [2.24, 2.45) is 0 Å². The number of fused-ring (bicyclic) bond motifs is 1. The van der Waals surface area contributed by atoms with Crippen molar-refractivity contribution in [2.75, 3.05) is 31.6 Å². The van der Waals surface area contributed by atoms with Crippen molar-refractivity contribution in [3.8, 4) is 10.6 Å². The smallest absolute Gasteiger partial charge is 0.408 e. The van der Waals surface area contributed by atoms with Crippen molar-refractivity contribution < 1.29 is 23.8 Å². The van der Waals surface area contributed by atoms with Gasteiger partial charge in [-0.15, -0.1) is 0 Å². The van der Waals surface area contributed by atoms with Gasteiger partial charge >= 0.3 is 6.09 Å². The summed E-state index contributed by atoms with van der Waals surface area (Å²) in [5.41, 5.74) is 1.68. The Bertz CT molecular complexity index is 1410. The summed E-state index contributed by atoms with van der Waals surface area (Å²) in [5.74, 6) is -0.309. The molecule has 0 aliphatic carbocycles. The number of carbonyl (C=O) groups is 2. The number of carbonyl (C=O) groups excluding carboxylic acids is 1. The van der Waals surface area contributed by atoms with Gasteiger partial charge in [-0.3, -0.25) is 14.7 Å². The lowest BCUT2D eigenvalue weighted by molar-refractivity contribution is -0.131. The molecular formula is C22H21FN8O4S. The maximum Gasteiger partial charge on any atom is 0.408 e. The van der Waals surface area contributed by atoms with Crippen LogP contribution in [0.25, 0.3) is 21.6 Å². The van der Waals surface area contributed by atoms with Gasteiger partial charge in [0, 0.05) is 38.1 Å². The SMILES string of the molecule is O=C(NCCn1cnc2cnc(Nc3ncc(-c4ncccc4F)s3)cc21)[C@@H]1COCCN1C(=O)O. The number of hydrogen-bond donors (Lipinski definition) is 3. The van der Waals surface area contributed by atoms with E-state index >= 15 is 0 Å². The summed E-state index contributed by atoms with van der Waals surface area (Å²) in [4.78, 5) is 42.6. The number of imidazole rings is 1. The van der Waals surface area contributed by atoms with Crippen LogP contribution in [0.15, 0.2) is 43.1 Å². The molecule has 36 heavy (non-hydrogen) atoms. The Hall–Kier alpha value is -4.17. The van der Waals surface area contributed by atoms with Crippen LogP contribution in [0.1, 0.15) is 0 Å². The molecule has 0 unspecified atom stereocenters. The van der Waals surface area contributed by atoms with Gasteiger partial charge < -0.3 is 25.0 Å². The highest BCUT2D eigenvalue weighted by Gasteiger charge is 2.32. The fourth-order valence-corrected chi connectivity index (χ4v) is 4.61. The first kappa shape index (κ1) is 23.6. The van der Waals surface area contributed by atoms with Crippen LogP contribution in [0.4, 0.5) is 20.1 Å². The van der Waals surface area contributed by atoms with Gasteiger partial charge in [0.25, 0.3) is 0 Å². The van der Waals surface area contributed by atoms with E-state index in [1.165, 1.54) is 29.7 Å². The highest BCUT2D eigenvalue weighted by Crippen LogP contribution is 2.30. The molecule has 0 saturated carbocycles. The van der Waals surface area contributed by atoms with Gasteiger partial charge in [0.1, 0.15) is 28.9 Å². The molecule has 1 fully saturated rings. The van der Waals surface area contributed by atoms with E-state index in [4.69, 9.17) is 4.74 Å². The van der Waals surface area contributed by atoms with Crippen LogP contribution < -0.4 is 10.6 Å². The van der Waals surface area contributed by atoms with Crippen LogP contribution in [-0.2, 0) is 16.1 Å². The monoisotopic (exact) mass is 512 g/mol. The molecule has 186 valence electrons. The molecular weight excluding hydrogens is 491 g/mol. The zero-order valence-electron chi connectivity index (χ0n) is 18.8. The number of morpholine rings is 1. The van der Waals surface area contributed by atoms with Crippen LogP contribution in [0.2, 0.25) is 0 Å². The Kier molecular flexibility index (Phi) is 6.69. The highest BCUT2D eigenvalue weighted by molar-refractivity contribution is 7.18. The van der Waals surface area contributed by atoms with Crippen molar-refractivity contribution in [1.82, 2.24) is 34.7 Å². The summed E-state index contributed by atoms with van der Waals surface area (Å²) in [6, 6.07) is 3.80. The third-order valence-electron chi connectivity index (χ3n) is 5.57. The largest absolute Gasteiger partial charge is 0.465 e. The van der Waals surface area contributed by atoms with Crippen molar-refractivity contribution >= 4 is 45.3 Å². The second-order valence-electron chi connectivity index (χ2n) is 7.84. The molecule has 1 aliphatic rings. The Morgan fingerprint density at radius 3 is 2.97 bits per heavy atom. The summed E-state index contributed by atoms with van der Waals surface area (Å²) in [6.45, 7) is 1.12. The quantitative estimate of drug-likeness (QED) is 0.339. The summed E-state index contributed by atoms with van der Waals surface area (Å²) < 4.78 is 21.1. The molecule has 4 aromatic rings. The maximum absolute atomic E-state index is 14.0. The first-order valence-electron chi connectivity index (χ1n) is 11.0. The van der Waals surface area contributed by atoms with Gasteiger partial charge in [-0.1, -0.05) is 11.3 Å². The lowest BCUT2D eigenvalue weighted by atomic mass is 10.2. The fourth-order valence-electron chi connectivity index (χ4n) is 3.79. The standard InChI is InChI=1S/C22H21FN8O4S/c23-13-2-1-3-24-19(13)17-10-27-21(36-17)29-18-8-15-14(9-26-18)28-12-30(15)5-4-25-20(32)16-11-35-7-6-31(16)22(33)34/h1-3,8-10,12,16H,4-7,11H2,(H,25,32)(H,33,34)(H,26,27,29)/t16-/m0/s1. The van der Waals surface area contributed by atoms with E-state index in [-0.39, 0.29) is 32.0 Å². The number of amides is 2. The van der Waals surface area contributed by atoms with E-state index in [0.29, 0.717) is 27.9 Å². The number of thiazole rings is 1. The fraction of sp³-hybridized carbons (Fsp3) is 0.273. The van der Waals surface area contributed by atoms with Gasteiger partial charge in [-0.25, -0.2) is 24.1 Å². The van der Waals surface area contributed by atoms with Crippen molar-refractivity contribution in [2.45, 2.75) is 12.6 Å². The number of halogens is 1. The average molecular weight is 513 g/mol. The van der Waals surface area contributed by atoms with Crippen LogP contribution in [0, 0.1) is 5.82 Å². The predicted molar refractivity (Wildman–Crippen MR) is 128 cm³/mol. The minimum Gasteiger partial charge on any atom is -0.465 e. The van der Waals surface area contributed by atoms with Gasteiger partial charge in [0.2, 0.25) is 5.91 Å². The normalized spacial score (nSPS) is 15.7. The first-order valence-corrected chi connectivity index (χ1v) is 11.8. The number of pyridine rings is 2. The summed E-state index contributed by atoms with van der Waals surface area (Å²) in [6.07, 6.45) is 5.18. The Morgan fingerprint density at radius 2 is 2.14 bits per heavy atom. The topological polar surface area (TPSA) is 147 Å². The van der Waals surface area contributed by atoms with Gasteiger partial charge in [-0.2, -0.15) is 0 Å². The van der Waals surface area contributed by atoms with Gasteiger partial charge in [0.15, 0.2) is 5.13 Å². The Balaban J connectivity index is 1.24. The second kappa shape index (κ2) is 10.2. The molecule has 2 amide bonds. The highest BCUT2D eigenvalue weighted by atomic mass is 32.1. The summed E-state index contributed by atoms with van der Waals surface area (Å²) in [7, 11) is 0. The van der Waals surface area contributed by atoms with Crippen molar-refractivity contribution in [1.29, 1.82) is 0 Å². The maximum atomic E-state index is 14.0. The summed E-state index contributed by atoms with van der Waals surface area (Å²) in [5, 5.41) is 15.7. The molecule has 1 saturated heterocycles. The molecule has 4 aromatic heterocycles. The molecule has 1 atom stereocenters. The molecule has 12 nitrogen and oxygen atoms in total. The number of ether oxygens (including phenoxy) is 1. The number of rotatable bonds is 7. The molecule has 0 spiro atoms. The third kappa shape index (κ3) is 4.94. The van der Waals surface area contributed by atoms with E-state index in [1.54, 1.807) is 24.8 Å². The molecule has 3 N–H and O–H groups in total. The van der Waals surface area contributed by atoms with Crippen LogP contribution in [0.3, 0.4) is 0 Å². The molecule has 0 radical (unpaired) electrons. The van der Waals surface area contributed by atoms with Crippen molar-refractivity contribution in [3.63, 3.8) is 0 Å². The number of nitrogens with zero attached hydrogens (tertiary/aromatic N) is 6. The number of hydrogen-bond acceptors (Lipinski definition) is 9. The number of aromatic nitrogens is 5. The summed E-state index contributed by atoms with van der Waals surface area (Å²) >= 11 is 1.25. The molecule has 0 bridgehead atoms. The van der Waals surface area contributed by atoms with Crippen LogP contribution in [0.5, 0.6) is 0 Å². The molecule has 14 heteroatoms. The number of nitrogens with one attached hydrogen (secondary N) is 2. The van der Waals surface area contributed by atoms with E-state index in [2.05, 4.69) is 30.6 Å².